The Labute approximate surface area is 108 Å². The molecule has 0 fully saturated rings. The van der Waals surface area contributed by atoms with Gasteiger partial charge in [-0.05, 0) is 19.1 Å². The van der Waals surface area contributed by atoms with Gasteiger partial charge in [0.25, 0.3) is 0 Å². The lowest BCUT2D eigenvalue weighted by Gasteiger charge is -2.01. The predicted octanol–water partition coefficient (Wildman–Crippen LogP) is 4.19. The number of alkyl halides is 1. The normalized spacial score (nSPS) is 10.7. The molecule has 0 aliphatic carbocycles. The molecule has 0 aliphatic rings. The molecular formula is C12H11BrClNO. The van der Waals surface area contributed by atoms with Crippen molar-refractivity contribution in [2.24, 2.45) is 0 Å². The Morgan fingerprint density at radius 3 is 3.00 bits per heavy atom. The predicted molar refractivity (Wildman–Crippen MR) is 68.8 cm³/mol. The number of aromatic nitrogens is 1. The Hall–Kier alpha value is -0.800. The summed E-state index contributed by atoms with van der Waals surface area (Å²) in [5.41, 5.74) is 2.21. The second-order valence-electron chi connectivity index (χ2n) is 3.54. The van der Waals surface area contributed by atoms with Crippen molar-refractivity contribution in [1.29, 1.82) is 0 Å². The van der Waals surface area contributed by atoms with Gasteiger partial charge in [-0.15, -0.1) is 11.6 Å². The first-order valence-corrected chi connectivity index (χ1v) is 6.30. The summed E-state index contributed by atoms with van der Waals surface area (Å²) < 4.78 is 6.63. The Morgan fingerprint density at radius 2 is 2.25 bits per heavy atom. The first-order chi connectivity index (χ1) is 7.70. The molecule has 0 spiro atoms. The van der Waals surface area contributed by atoms with Crippen LogP contribution in [0.1, 0.15) is 11.5 Å². The Morgan fingerprint density at radius 1 is 1.44 bits per heavy atom. The van der Waals surface area contributed by atoms with E-state index in [4.69, 9.17) is 16.0 Å². The topological polar surface area (TPSA) is 26.0 Å². The largest absolute Gasteiger partial charge is 0.441 e. The highest BCUT2D eigenvalue weighted by atomic mass is 79.9. The van der Waals surface area contributed by atoms with Crippen LogP contribution in [0, 0.1) is 6.92 Å². The maximum atomic E-state index is 5.64. The number of halogens is 2. The van der Waals surface area contributed by atoms with Crippen molar-refractivity contribution < 1.29 is 4.42 Å². The third-order valence-electron chi connectivity index (χ3n) is 2.25. The molecule has 0 bridgehead atoms. The second kappa shape index (κ2) is 5.02. The summed E-state index contributed by atoms with van der Waals surface area (Å²) in [7, 11) is 0. The minimum absolute atomic E-state index is 0.523. The summed E-state index contributed by atoms with van der Waals surface area (Å²) >= 11 is 9.14. The van der Waals surface area contributed by atoms with Crippen molar-refractivity contribution in [3.63, 3.8) is 0 Å². The number of oxazole rings is 1. The molecule has 1 aromatic heterocycles. The third kappa shape index (κ3) is 2.47. The zero-order valence-electron chi connectivity index (χ0n) is 8.84. The van der Waals surface area contributed by atoms with Gasteiger partial charge in [0, 0.05) is 22.3 Å². The lowest BCUT2D eigenvalue weighted by molar-refractivity contribution is 0.514. The van der Waals surface area contributed by atoms with E-state index in [-0.39, 0.29) is 0 Å². The van der Waals surface area contributed by atoms with Crippen molar-refractivity contribution in [1.82, 2.24) is 4.98 Å². The highest BCUT2D eigenvalue weighted by molar-refractivity contribution is 9.10. The average molecular weight is 301 g/mol. The first-order valence-electron chi connectivity index (χ1n) is 4.98. The summed E-state index contributed by atoms with van der Waals surface area (Å²) in [5, 5.41) is 0. The van der Waals surface area contributed by atoms with Crippen LogP contribution in [0.4, 0.5) is 0 Å². The van der Waals surface area contributed by atoms with Crippen LogP contribution in [0.25, 0.3) is 11.3 Å². The van der Waals surface area contributed by atoms with Crippen molar-refractivity contribution in [3.05, 3.63) is 40.3 Å². The zero-order chi connectivity index (χ0) is 11.5. The van der Waals surface area contributed by atoms with Gasteiger partial charge in [-0.2, -0.15) is 0 Å². The summed E-state index contributed by atoms with van der Waals surface area (Å²) in [5.74, 6) is 1.98. The highest BCUT2D eigenvalue weighted by Crippen LogP contribution is 2.29. The number of hydrogen-bond acceptors (Lipinski definition) is 2. The number of nitrogens with zero attached hydrogens (tertiary/aromatic N) is 1. The van der Waals surface area contributed by atoms with Gasteiger partial charge in [-0.3, -0.25) is 0 Å². The van der Waals surface area contributed by atoms with E-state index in [1.807, 2.05) is 19.1 Å². The maximum Gasteiger partial charge on any atom is 0.196 e. The fraction of sp³-hybridized carbons (Fsp3) is 0.250. The van der Waals surface area contributed by atoms with Crippen LogP contribution < -0.4 is 0 Å². The summed E-state index contributed by atoms with van der Waals surface area (Å²) in [4.78, 5) is 4.18. The van der Waals surface area contributed by atoms with Crippen molar-refractivity contribution in [3.8, 4) is 11.3 Å². The van der Waals surface area contributed by atoms with E-state index >= 15 is 0 Å². The van der Waals surface area contributed by atoms with E-state index in [0.717, 1.165) is 15.8 Å². The molecule has 0 atom stereocenters. The third-order valence-corrected chi connectivity index (χ3v) is 3.13. The minimum Gasteiger partial charge on any atom is -0.441 e. The van der Waals surface area contributed by atoms with Crippen LogP contribution in [0.5, 0.6) is 0 Å². The van der Waals surface area contributed by atoms with Crippen LogP contribution in [0.2, 0.25) is 0 Å². The minimum atomic E-state index is 0.523. The van der Waals surface area contributed by atoms with E-state index in [2.05, 4.69) is 27.0 Å². The summed E-state index contributed by atoms with van der Waals surface area (Å²) in [6.45, 7) is 2.05. The molecule has 84 valence electrons. The van der Waals surface area contributed by atoms with Gasteiger partial charge in [-0.25, -0.2) is 4.98 Å². The van der Waals surface area contributed by atoms with Crippen molar-refractivity contribution in [2.75, 3.05) is 5.88 Å². The van der Waals surface area contributed by atoms with Gasteiger partial charge in [0.15, 0.2) is 11.7 Å². The summed E-state index contributed by atoms with van der Waals surface area (Å²) in [6.07, 6.45) is 2.40. The number of hydrogen-bond donors (Lipinski definition) is 0. The van der Waals surface area contributed by atoms with E-state index in [1.54, 1.807) is 6.20 Å². The molecule has 2 nitrogen and oxygen atoms in total. The molecule has 1 aromatic carbocycles. The van der Waals surface area contributed by atoms with Crippen LogP contribution in [-0.2, 0) is 6.42 Å². The molecule has 0 saturated carbocycles. The lowest BCUT2D eigenvalue weighted by atomic mass is 10.1. The number of benzene rings is 1. The molecule has 0 N–H and O–H groups in total. The second-order valence-corrected chi connectivity index (χ2v) is 4.77. The van der Waals surface area contributed by atoms with Gasteiger partial charge in [0.1, 0.15) is 0 Å². The Kier molecular flexibility index (Phi) is 3.66. The molecule has 2 rings (SSSR count). The van der Waals surface area contributed by atoms with E-state index in [9.17, 15) is 0 Å². The fourth-order valence-corrected chi connectivity index (χ4v) is 2.06. The SMILES string of the molecule is Cc1ccc(Br)c(-c2cnc(CCCl)o2)c1. The fourth-order valence-electron chi connectivity index (χ4n) is 1.46. The molecule has 0 unspecified atom stereocenters. The molecule has 4 heteroatoms. The molecule has 0 aliphatic heterocycles. The molecule has 1 heterocycles. The quantitative estimate of drug-likeness (QED) is 0.794. The molecule has 16 heavy (non-hydrogen) atoms. The highest BCUT2D eigenvalue weighted by Gasteiger charge is 2.09. The van der Waals surface area contributed by atoms with Crippen molar-refractivity contribution in [2.45, 2.75) is 13.3 Å². The standard InChI is InChI=1S/C12H11BrClNO/c1-8-2-3-10(13)9(6-8)11-7-15-12(16-11)4-5-14/h2-3,6-7H,4-5H2,1H3. The molecular weight excluding hydrogens is 289 g/mol. The van der Waals surface area contributed by atoms with E-state index < -0.39 is 0 Å². The average Bonchev–Trinajstić information content (AvgIpc) is 2.71. The van der Waals surface area contributed by atoms with Gasteiger partial charge >= 0.3 is 0 Å². The zero-order valence-corrected chi connectivity index (χ0v) is 11.2. The van der Waals surface area contributed by atoms with Crippen molar-refractivity contribution >= 4 is 27.5 Å². The smallest absolute Gasteiger partial charge is 0.196 e. The maximum absolute atomic E-state index is 5.64. The van der Waals surface area contributed by atoms with Gasteiger partial charge in [0.05, 0.1) is 6.20 Å². The van der Waals surface area contributed by atoms with E-state index in [0.29, 0.717) is 18.2 Å². The van der Waals surface area contributed by atoms with Gasteiger partial charge in [0.2, 0.25) is 0 Å². The van der Waals surface area contributed by atoms with Crippen LogP contribution in [0.15, 0.2) is 33.3 Å². The molecule has 0 radical (unpaired) electrons. The monoisotopic (exact) mass is 299 g/mol. The Balaban J connectivity index is 2.38. The lowest BCUT2D eigenvalue weighted by Crippen LogP contribution is -1.83. The molecule has 0 amide bonds. The summed E-state index contributed by atoms with van der Waals surface area (Å²) in [6, 6.07) is 6.12. The van der Waals surface area contributed by atoms with Crippen LogP contribution in [-0.4, -0.2) is 10.9 Å². The van der Waals surface area contributed by atoms with Gasteiger partial charge in [-0.1, -0.05) is 27.6 Å². The number of rotatable bonds is 3. The molecule has 2 aromatic rings. The van der Waals surface area contributed by atoms with Crippen LogP contribution in [0.3, 0.4) is 0 Å². The molecule has 0 saturated heterocycles. The van der Waals surface area contributed by atoms with E-state index in [1.165, 1.54) is 5.56 Å². The number of aryl methyl sites for hydroxylation is 2. The van der Waals surface area contributed by atoms with Gasteiger partial charge < -0.3 is 4.42 Å². The first kappa shape index (κ1) is 11.7. The van der Waals surface area contributed by atoms with Crippen LogP contribution >= 0.6 is 27.5 Å². The Bertz CT molecular complexity index is 496.